The van der Waals surface area contributed by atoms with Crippen LogP contribution in [0.3, 0.4) is 0 Å². The number of fused-ring (bicyclic) bond motifs is 2. The molecule has 2 aromatic carbocycles. The number of carbonyl (C=O) groups is 2. The third kappa shape index (κ3) is 4.22. The predicted molar refractivity (Wildman–Crippen MR) is 147 cm³/mol. The highest BCUT2D eigenvalue weighted by Crippen LogP contribution is 2.38. The fourth-order valence-electron chi connectivity index (χ4n) is 5.60. The first kappa shape index (κ1) is 25.3. The zero-order chi connectivity index (χ0) is 27.5. The molecule has 0 unspecified atom stereocenters. The second-order valence-corrected chi connectivity index (χ2v) is 11.9. The summed E-state index contributed by atoms with van der Waals surface area (Å²) in [5.74, 6) is -0.816. The molecule has 0 bridgehead atoms. The average molecular weight is 550 g/mol. The van der Waals surface area contributed by atoms with Crippen LogP contribution in [0.1, 0.15) is 38.4 Å². The number of piperazine rings is 1. The van der Waals surface area contributed by atoms with Gasteiger partial charge in [-0.15, -0.1) is 0 Å². The van der Waals surface area contributed by atoms with Crippen LogP contribution in [0.15, 0.2) is 41.3 Å². The minimum atomic E-state index is -3.95. The smallest absolute Gasteiger partial charge is 0.264 e. The second-order valence-electron chi connectivity index (χ2n) is 10.0. The number of hydrogen-bond donors (Lipinski definition) is 3. The van der Waals surface area contributed by atoms with Gasteiger partial charge < -0.3 is 20.5 Å². The normalized spacial score (nSPS) is 17.9. The predicted octanol–water partition coefficient (Wildman–Crippen LogP) is 3.06. The van der Waals surface area contributed by atoms with E-state index in [1.165, 1.54) is 34.6 Å². The Balaban J connectivity index is 1.36. The molecule has 1 aromatic heterocycles. The first-order valence-electron chi connectivity index (χ1n) is 12.8. The molecule has 1 fully saturated rings. The van der Waals surface area contributed by atoms with E-state index in [1.807, 2.05) is 18.7 Å². The summed E-state index contributed by atoms with van der Waals surface area (Å²) in [5.41, 5.74) is 5.01. The van der Waals surface area contributed by atoms with E-state index in [0.29, 0.717) is 64.5 Å². The molecule has 2 amide bonds. The summed E-state index contributed by atoms with van der Waals surface area (Å²) in [6.07, 6.45) is 2.09. The van der Waals surface area contributed by atoms with Gasteiger partial charge in [0, 0.05) is 55.4 Å². The second kappa shape index (κ2) is 9.35. The number of aromatic nitrogens is 1. The van der Waals surface area contributed by atoms with Gasteiger partial charge in [-0.05, 0) is 73.9 Å². The number of nitrogens with one attached hydrogen (secondary N) is 3. The van der Waals surface area contributed by atoms with E-state index in [2.05, 4.69) is 15.6 Å². The van der Waals surface area contributed by atoms with Crippen LogP contribution >= 0.6 is 0 Å². The van der Waals surface area contributed by atoms with Crippen molar-refractivity contribution >= 4 is 44.9 Å². The average Bonchev–Trinajstić information content (AvgIpc) is 3.57. The van der Waals surface area contributed by atoms with E-state index in [4.69, 9.17) is 0 Å². The van der Waals surface area contributed by atoms with Crippen LogP contribution < -0.4 is 14.9 Å². The molecule has 0 aliphatic carbocycles. The fraction of sp³-hybridized carbons (Fsp3) is 0.286. The summed E-state index contributed by atoms with van der Waals surface area (Å²) in [5, 5.41) is 6.04. The lowest BCUT2D eigenvalue weighted by atomic mass is 10.0. The molecule has 1 saturated heterocycles. The Hall–Kier alpha value is -3.96. The summed E-state index contributed by atoms with van der Waals surface area (Å²) in [6, 6.07) is 8.63. The molecular formula is C28H28FN5O4S. The molecule has 6 rings (SSSR count). The maximum Gasteiger partial charge on any atom is 0.264 e. The summed E-state index contributed by atoms with van der Waals surface area (Å²) in [7, 11) is -3.95. The number of sulfonamides is 1. The monoisotopic (exact) mass is 549 g/mol. The van der Waals surface area contributed by atoms with Crippen LogP contribution in [-0.4, -0.2) is 62.8 Å². The Morgan fingerprint density at radius 1 is 1.05 bits per heavy atom. The van der Waals surface area contributed by atoms with Gasteiger partial charge in [0.25, 0.3) is 21.8 Å². The van der Waals surface area contributed by atoms with E-state index >= 15 is 0 Å². The molecular weight excluding hydrogens is 521 g/mol. The lowest BCUT2D eigenvalue weighted by Gasteiger charge is -2.27. The number of H-pyrrole nitrogens is 1. The zero-order valence-electron chi connectivity index (χ0n) is 21.6. The molecule has 4 heterocycles. The van der Waals surface area contributed by atoms with E-state index in [9.17, 15) is 22.4 Å². The van der Waals surface area contributed by atoms with Crippen molar-refractivity contribution in [3.05, 3.63) is 75.9 Å². The largest absolute Gasteiger partial charge is 0.358 e. The van der Waals surface area contributed by atoms with Gasteiger partial charge in [-0.3, -0.25) is 13.9 Å². The number of anilines is 2. The summed E-state index contributed by atoms with van der Waals surface area (Å²) >= 11 is 0. The Kier molecular flexibility index (Phi) is 6.07. The molecule has 3 aliphatic heterocycles. The number of aryl methyl sites for hydroxylation is 1. The fourth-order valence-corrected chi connectivity index (χ4v) is 7.13. The highest BCUT2D eigenvalue weighted by molar-refractivity contribution is 7.92. The van der Waals surface area contributed by atoms with Gasteiger partial charge in [-0.1, -0.05) is 0 Å². The lowest BCUT2D eigenvalue weighted by Crippen LogP contribution is -2.46. The van der Waals surface area contributed by atoms with Gasteiger partial charge in [0.05, 0.1) is 21.7 Å². The van der Waals surface area contributed by atoms with Crippen LogP contribution in [-0.2, 0) is 21.2 Å². The molecule has 0 spiro atoms. The number of amides is 2. The molecule has 11 heteroatoms. The standard InChI is InChI=1S/C28H28FN5O4S/c1-16-24(31-17(2)26(16)28(36)33-11-8-30-9-12-33)15-22-21-14-20(4-5-23(21)32-27(22)35)39(37,38)34-10-7-18-13-19(29)3-6-25(18)34/h3-6,13-15,30-31H,7-12H2,1-2H3,(H,32,35). The maximum atomic E-state index is 13.7. The quantitative estimate of drug-likeness (QED) is 0.433. The van der Waals surface area contributed by atoms with Gasteiger partial charge >= 0.3 is 0 Å². The van der Waals surface area contributed by atoms with Crippen LogP contribution in [0, 0.1) is 19.7 Å². The van der Waals surface area contributed by atoms with Crippen molar-refractivity contribution in [2.75, 3.05) is 42.3 Å². The Morgan fingerprint density at radius 2 is 1.82 bits per heavy atom. The van der Waals surface area contributed by atoms with E-state index in [1.54, 1.807) is 12.1 Å². The van der Waals surface area contributed by atoms with Gasteiger partial charge in [-0.25, -0.2) is 12.8 Å². The first-order chi connectivity index (χ1) is 18.6. The first-order valence-corrected chi connectivity index (χ1v) is 14.3. The van der Waals surface area contributed by atoms with Crippen LogP contribution in [0.4, 0.5) is 15.8 Å². The molecule has 9 nitrogen and oxygen atoms in total. The minimum absolute atomic E-state index is 0.0368. The number of nitrogens with zero attached hydrogens (tertiary/aromatic N) is 2. The van der Waals surface area contributed by atoms with Gasteiger partial charge in [0.1, 0.15) is 5.82 Å². The molecule has 39 heavy (non-hydrogen) atoms. The molecule has 3 aliphatic rings. The Morgan fingerprint density at radius 3 is 2.59 bits per heavy atom. The zero-order valence-corrected chi connectivity index (χ0v) is 22.4. The SMILES string of the molecule is Cc1[nH]c(C=C2C(=O)Nc3ccc(S(=O)(=O)N4CCc5cc(F)ccc54)cc32)c(C)c1C(=O)N1CCNCC1. The number of benzene rings is 2. The van der Waals surface area contributed by atoms with Crippen LogP contribution in [0.2, 0.25) is 0 Å². The van der Waals surface area contributed by atoms with Crippen molar-refractivity contribution in [1.29, 1.82) is 0 Å². The van der Waals surface area contributed by atoms with Gasteiger partial charge in [-0.2, -0.15) is 0 Å². The van der Waals surface area contributed by atoms with Gasteiger partial charge in [0.15, 0.2) is 0 Å². The molecule has 202 valence electrons. The molecule has 3 N–H and O–H groups in total. The summed E-state index contributed by atoms with van der Waals surface area (Å²) < 4.78 is 42.2. The third-order valence-corrected chi connectivity index (χ3v) is 9.45. The van der Waals surface area contributed by atoms with Crippen molar-refractivity contribution in [2.45, 2.75) is 25.2 Å². The topological polar surface area (TPSA) is 115 Å². The van der Waals surface area contributed by atoms with Crippen molar-refractivity contribution in [2.24, 2.45) is 0 Å². The van der Waals surface area contributed by atoms with Crippen molar-refractivity contribution < 1.29 is 22.4 Å². The molecule has 3 aromatic rings. The molecule has 0 saturated carbocycles. The van der Waals surface area contributed by atoms with Gasteiger partial charge in [0.2, 0.25) is 0 Å². The van der Waals surface area contributed by atoms with E-state index < -0.39 is 15.8 Å². The van der Waals surface area contributed by atoms with E-state index in [0.717, 1.165) is 18.7 Å². The Labute approximate surface area is 225 Å². The molecule has 0 atom stereocenters. The lowest BCUT2D eigenvalue weighted by molar-refractivity contribution is -0.110. The Bertz CT molecular complexity index is 1670. The molecule has 0 radical (unpaired) electrons. The van der Waals surface area contributed by atoms with Crippen molar-refractivity contribution in [3.63, 3.8) is 0 Å². The van der Waals surface area contributed by atoms with Crippen molar-refractivity contribution in [1.82, 2.24) is 15.2 Å². The number of rotatable bonds is 4. The number of hydrogen-bond acceptors (Lipinski definition) is 5. The summed E-state index contributed by atoms with van der Waals surface area (Å²) in [4.78, 5) is 31.3. The van der Waals surface area contributed by atoms with Crippen molar-refractivity contribution in [3.8, 4) is 0 Å². The number of carbonyl (C=O) groups excluding carboxylic acids is 2. The highest BCUT2D eigenvalue weighted by Gasteiger charge is 2.34. The van der Waals surface area contributed by atoms with Crippen LogP contribution in [0.5, 0.6) is 0 Å². The summed E-state index contributed by atoms with van der Waals surface area (Å²) in [6.45, 7) is 6.63. The number of halogens is 1. The number of aromatic amines is 1. The highest BCUT2D eigenvalue weighted by atomic mass is 32.2. The van der Waals surface area contributed by atoms with E-state index in [-0.39, 0.29) is 23.3 Å². The maximum absolute atomic E-state index is 13.7. The minimum Gasteiger partial charge on any atom is -0.358 e. The third-order valence-electron chi connectivity index (χ3n) is 7.64. The van der Waals surface area contributed by atoms with Crippen LogP contribution in [0.25, 0.3) is 11.6 Å².